The Morgan fingerprint density at radius 1 is 1.06 bits per heavy atom. The molecule has 8 heteroatoms. The second-order valence-electron chi connectivity index (χ2n) is 9.49. The van der Waals surface area contributed by atoms with Crippen molar-refractivity contribution in [1.82, 2.24) is 14.4 Å². The van der Waals surface area contributed by atoms with Gasteiger partial charge < -0.3 is 18.9 Å². The summed E-state index contributed by atoms with van der Waals surface area (Å²) in [7, 11) is 2.81. The molecule has 2 aromatic rings. The lowest BCUT2D eigenvalue weighted by Gasteiger charge is -2.34. The molecule has 1 aromatic carbocycles. The Hall–Kier alpha value is -3.39. The number of likely N-dealkylation sites (tertiary alicyclic amines) is 1. The van der Waals surface area contributed by atoms with Gasteiger partial charge in [0.2, 0.25) is 0 Å². The second-order valence-corrected chi connectivity index (χ2v) is 9.49. The largest absolute Gasteiger partial charge is 0.496 e. The third kappa shape index (κ3) is 5.54. The quantitative estimate of drug-likeness (QED) is 0.576. The number of aromatic nitrogens is 1. The molecule has 192 valence electrons. The number of hydrogen-bond donors (Lipinski definition) is 0. The summed E-state index contributed by atoms with van der Waals surface area (Å²) >= 11 is 0. The first kappa shape index (κ1) is 25.7. The maximum Gasteiger partial charge on any atom is 0.328 e. The molecule has 36 heavy (non-hydrogen) atoms. The number of nitrogens with zero attached hydrogens (tertiary/aromatic N) is 3. The van der Waals surface area contributed by atoms with E-state index in [-0.39, 0.29) is 17.2 Å². The molecule has 0 saturated carbocycles. The summed E-state index contributed by atoms with van der Waals surface area (Å²) in [5.41, 5.74) is 3.25. The van der Waals surface area contributed by atoms with Crippen LogP contribution in [0.25, 0.3) is 6.08 Å². The Labute approximate surface area is 212 Å². The predicted molar refractivity (Wildman–Crippen MR) is 138 cm³/mol. The molecule has 2 aliphatic rings. The van der Waals surface area contributed by atoms with E-state index in [4.69, 9.17) is 9.47 Å². The number of piperidine rings is 1. The average molecular weight is 494 g/mol. The van der Waals surface area contributed by atoms with Crippen molar-refractivity contribution >= 4 is 18.0 Å². The van der Waals surface area contributed by atoms with Crippen LogP contribution >= 0.6 is 0 Å². The number of methoxy groups -OCH3 is 2. The van der Waals surface area contributed by atoms with Gasteiger partial charge in [0.25, 0.3) is 11.5 Å². The highest BCUT2D eigenvalue weighted by Crippen LogP contribution is 2.28. The van der Waals surface area contributed by atoms with Crippen LogP contribution in [-0.4, -0.2) is 72.7 Å². The molecule has 1 fully saturated rings. The van der Waals surface area contributed by atoms with Gasteiger partial charge in [0.1, 0.15) is 17.4 Å². The van der Waals surface area contributed by atoms with Gasteiger partial charge in [-0.2, -0.15) is 0 Å². The molecule has 0 radical (unpaired) electrons. The summed E-state index contributed by atoms with van der Waals surface area (Å²) in [4.78, 5) is 43.2. The molecule has 2 aliphatic heterocycles. The summed E-state index contributed by atoms with van der Waals surface area (Å²) in [6.07, 6.45) is 4.94. The molecular formula is C28H35N3O5. The molecule has 8 nitrogen and oxygen atoms in total. The van der Waals surface area contributed by atoms with Crippen LogP contribution in [0.5, 0.6) is 5.75 Å². The van der Waals surface area contributed by atoms with Crippen molar-refractivity contribution in [3.63, 3.8) is 0 Å². The monoisotopic (exact) mass is 493 g/mol. The minimum atomic E-state index is -0.624. The normalized spacial score (nSPS) is 18.8. The van der Waals surface area contributed by atoms with Crippen molar-refractivity contribution in [2.45, 2.75) is 45.2 Å². The first-order valence-electron chi connectivity index (χ1n) is 12.6. The lowest BCUT2D eigenvalue weighted by molar-refractivity contribution is -0.147. The molecule has 1 aromatic heterocycles. The fourth-order valence-electron chi connectivity index (χ4n) is 5.27. The maximum absolute atomic E-state index is 13.9. The Balaban J connectivity index is 1.61. The maximum atomic E-state index is 13.9. The second kappa shape index (κ2) is 11.6. The molecule has 4 rings (SSSR count). The van der Waals surface area contributed by atoms with Crippen LogP contribution in [-0.2, 0) is 22.5 Å². The number of carbonyl (C=O) groups excluding carboxylic acids is 2. The molecule has 1 amide bonds. The Morgan fingerprint density at radius 3 is 2.56 bits per heavy atom. The van der Waals surface area contributed by atoms with Gasteiger partial charge in [0.15, 0.2) is 0 Å². The third-order valence-electron chi connectivity index (χ3n) is 7.04. The van der Waals surface area contributed by atoms with Gasteiger partial charge in [0.05, 0.1) is 14.2 Å². The highest BCUT2D eigenvalue weighted by molar-refractivity contribution is 6.00. The standard InChI is InChI=1S/C28H35N3O5/c1-20(17-21-9-5-4-6-10-21)19-29-14-12-22-26(24(35-2)18-25(32)30(22)16-15-29)27(33)31-13-8-7-11-23(31)28(34)36-3/h4-6,9-10,17-18,23H,7-8,11-16,19H2,1-3H3/b20-17+/t23-/m0/s1. The van der Waals surface area contributed by atoms with Crippen molar-refractivity contribution in [3.05, 3.63) is 69.1 Å². The number of amides is 1. The topological polar surface area (TPSA) is 81.1 Å². The summed E-state index contributed by atoms with van der Waals surface area (Å²) < 4.78 is 12.2. The minimum Gasteiger partial charge on any atom is -0.496 e. The van der Waals surface area contributed by atoms with Gasteiger partial charge in [-0.25, -0.2) is 4.79 Å². The van der Waals surface area contributed by atoms with Gasteiger partial charge in [-0.3, -0.25) is 14.5 Å². The molecule has 0 N–H and O–H groups in total. The van der Waals surface area contributed by atoms with Gasteiger partial charge in [0, 0.05) is 50.9 Å². The van der Waals surface area contributed by atoms with E-state index in [0.717, 1.165) is 24.9 Å². The van der Waals surface area contributed by atoms with Crippen molar-refractivity contribution in [2.24, 2.45) is 0 Å². The van der Waals surface area contributed by atoms with Gasteiger partial charge in [-0.1, -0.05) is 42.0 Å². The van der Waals surface area contributed by atoms with E-state index in [1.165, 1.54) is 25.9 Å². The first-order valence-corrected chi connectivity index (χ1v) is 12.6. The number of ether oxygens (including phenoxy) is 2. The van der Waals surface area contributed by atoms with Crippen molar-refractivity contribution in [1.29, 1.82) is 0 Å². The Morgan fingerprint density at radius 2 is 1.83 bits per heavy atom. The van der Waals surface area contributed by atoms with Gasteiger partial charge >= 0.3 is 5.97 Å². The van der Waals surface area contributed by atoms with E-state index in [2.05, 4.69) is 30.0 Å². The van der Waals surface area contributed by atoms with E-state index in [1.54, 1.807) is 9.47 Å². The molecule has 0 unspecified atom stereocenters. The third-order valence-corrected chi connectivity index (χ3v) is 7.04. The van der Waals surface area contributed by atoms with E-state index >= 15 is 0 Å². The molecule has 3 heterocycles. The predicted octanol–water partition coefficient (Wildman–Crippen LogP) is 2.99. The van der Waals surface area contributed by atoms with E-state index < -0.39 is 12.0 Å². The van der Waals surface area contributed by atoms with Crippen molar-refractivity contribution < 1.29 is 19.1 Å². The van der Waals surface area contributed by atoms with Crippen LogP contribution in [0.15, 0.2) is 46.8 Å². The van der Waals surface area contributed by atoms with Crippen LogP contribution in [0.2, 0.25) is 0 Å². The number of carbonyl (C=O) groups is 2. The highest BCUT2D eigenvalue weighted by Gasteiger charge is 2.36. The zero-order chi connectivity index (χ0) is 25.7. The molecular weight excluding hydrogens is 458 g/mol. The fraction of sp³-hybridized carbons (Fsp3) is 0.464. The number of esters is 1. The molecule has 1 saturated heterocycles. The molecule has 0 bridgehead atoms. The lowest BCUT2D eigenvalue weighted by Crippen LogP contribution is -2.49. The van der Waals surface area contributed by atoms with Gasteiger partial charge in [-0.05, 0) is 31.7 Å². The highest BCUT2D eigenvalue weighted by atomic mass is 16.5. The van der Waals surface area contributed by atoms with Gasteiger partial charge in [-0.15, -0.1) is 0 Å². The van der Waals surface area contributed by atoms with Crippen LogP contribution < -0.4 is 10.3 Å². The zero-order valence-electron chi connectivity index (χ0n) is 21.4. The summed E-state index contributed by atoms with van der Waals surface area (Å²) in [6.45, 7) is 5.23. The first-order chi connectivity index (χ1) is 17.4. The van der Waals surface area contributed by atoms with Crippen LogP contribution in [0.1, 0.15) is 47.8 Å². The van der Waals surface area contributed by atoms with Crippen molar-refractivity contribution in [2.75, 3.05) is 40.4 Å². The number of rotatable bonds is 6. The van der Waals surface area contributed by atoms with E-state index in [9.17, 15) is 14.4 Å². The SMILES string of the molecule is COC(=O)[C@@H]1CCCCN1C(=O)c1c(OC)cc(=O)n2c1CCN(C/C(C)=C/c1ccccc1)CC2. The molecule has 0 aliphatic carbocycles. The van der Waals surface area contributed by atoms with E-state index in [1.807, 2.05) is 18.2 Å². The summed E-state index contributed by atoms with van der Waals surface area (Å²) in [5, 5.41) is 0. The van der Waals surface area contributed by atoms with E-state index in [0.29, 0.717) is 50.3 Å². The lowest BCUT2D eigenvalue weighted by atomic mass is 9.99. The number of fused-ring (bicyclic) bond motifs is 1. The minimum absolute atomic E-state index is 0.181. The number of pyridine rings is 1. The Bertz CT molecular complexity index is 1190. The average Bonchev–Trinajstić information content (AvgIpc) is 3.11. The number of benzene rings is 1. The van der Waals surface area contributed by atoms with Crippen LogP contribution in [0.3, 0.4) is 0 Å². The Kier molecular flexibility index (Phi) is 8.25. The zero-order valence-corrected chi connectivity index (χ0v) is 21.4. The molecule has 1 atom stereocenters. The van der Waals surface area contributed by atoms with Crippen molar-refractivity contribution in [3.8, 4) is 5.75 Å². The summed E-state index contributed by atoms with van der Waals surface area (Å²) in [6, 6.07) is 11.0. The van der Waals surface area contributed by atoms with Crippen LogP contribution in [0.4, 0.5) is 0 Å². The van der Waals surface area contributed by atoms with Crippen LogP contribution in [0, 0.1) is 0 Å². The smallest absolute Gasteiger partial charge is 0.328 e. The number of hydrogen-bond acceptors (Lipinski definition) is 6. The molecule has 0 spiro atoms. The summed E-state index contributed by atoms with van der Waals surface area (Å²) in [5.74, 6) is -0.425. The fourth-order valence-corrected chi connectivity index (χ4v) is 5.27.